The maximum Gasteiger partial charge on any atom is 0.342 e. The summed E-state index contributed by atoms with van der Waals surface area (Å²) in [7, 11) is 1.54. The number of cyclic esters (lactones) is 1. The molecule has 2 unspecified atom stereocenters. The van der Waals surface area contributed by atoms with Crippen LogP contribution in [0.4, 0.5) is 0 Å². The molecule has 2 N–H and O–H groups in total. The second-order valence-corrected chi connectivity index (χ2v) is 7.02. The van der Waals surface area contributed by atoms with Gasteiger partial charge < -0.3 is 19.7 Å². The molecule has 140 valence electrons. The monoisotopic (exact) mass is 360 g/mol. The van der Waals surface area contributed by atoms with Crippen LogP contribution in [-0.2, 0) is 22.6 Å². The number of hydrogen-bond acceptors (Lipinski definition) is 5. The molecule has 1 aromatic carbocycles. The molecule has 6 heteroatoms. The molecule has 0 aromatic heterocycles. The third kappa shape index (κ3) is 2.93. The number of esters is 1. The van der Waals surface area contributed by atoms with Gasteiger partial charge in [-0.2, -0.15) is 0 Å². The van der Waals surface area contributed by atoms with Crippen LogP contribution in [0.5, 0.6) is 11.5 Å². The fraction of sp³-hybridized carbons (Fsp3) is 0.500. The molecule has 0 amide bonds. The molecule has 0 radical (unpaired) electrons. The molecule has 0 saturated heterocycles. The first-order valence-electron chi connectivity index (χ1n) is 8.86. The van der Waals surface area contributed by atoms with Crippen LogP contribution in [-0.4, -0.2) is 29.3 Å². The number of rotatable bonds is 5. The number of allylic oxidation sites excluding steroid dienone is 2. The number of aliphatic carboxylic acids is 1. The molecule has 1 saturated carbocycles. The fourth-order valence-electron chi connectivity index (χ4n) is 4.15. The number of carboxylic acids is 1. The minimum atomic E-state index is -0.792. The highest BCUT2D eigenvalue weighted by atomic mass is 16.5. The van der Waals surface area contributed by atoms with Gasteiger partial charge in [0, 0.05) is 11.1 Å². The number of carboxylic acid groups (broad SMARTS) is 1. The molecule has 0 spiro atoms. The molecule has 1 heterocycles. The Balaban J connectivity index is 1.98. The van der Waals surface area contributed by atoms with Crippen molar-refractivity contribution in [2.45, 2.75) is 46.1 Å². The molecule has 1 fully saturated rings. The van der Waals surface area contributed by atoms with Crippen LogP contribution in [0.1, 0.15) is 53.2 Å². The Hall–Kier alpha value is -2.50. The highest BCUT2D eigenvalue weighted by molar-refractivity contribution is 5.98. The van der Waals surface area contributed by atoms with Gasteiger partial charge in [0.15, 0.2) is 0 Å². The van der Waals surface area contributed by atoms with E-state index in [9.17, 15) is 19.8 Å². The number of carbonyl (C=O) groups excluding carboxylic acids is 1. The number of phenolic OH excluding ortho intramolecular Hbond substituents is 1. The fourth-order valence-corrected chi connectivity index (χ4v) is 4.15. The molecule has 2 aliphatic rings. The summed E-state index contributed by atoms with van der Waals surface area (Å²) in [5, 5.41) is 20.0. The van der Waals surface area contributed by atoms with Crippen molar-refractivity contribution < 1.29 is 29.3 Å². The quantitative estimate of drug-likeness (QED) is 0.618. The van der Waals surface area contributed by atoms with Crippen molar-refractivity contribution in [3.05, 3.63) is 33.9 Å². The zero-order chi connectivity index (χ0) is 19.0. The van der Waals surface area contributed by atoms with E-state index in [1.807, 2.05) is 13.0 Å². The molecule has 0 bridgehead atoms. The Morgan fingerprint density at radius 3 is 2.85 bits per heavy atom. The number of carbonyl (C=O) groups is 2. The third-order valence-corrected chi connectivity index (χ3v) is 5.67. The maximum atomic E-state index is 12.0. The first-order chi connectivity index (χ1) is 12.4. The largest absolute Gasteiger partial charge is 0.507 e. The maximum absolute atomic E-state index is 12.0. The van der Waals surface area contributed by atoms with E-state index >= 15 is 0 Å². The van der Waals surface area contributed by atoms with Crippen LogP contribution in [0.25, 0.3) is 0 Å². The number of methoxy groups -OCH3 is 1. The van der Waals surface area contributed by atoms with Crippen molar-refractivity contribution in [3.8, 4) is 11.5 Å². The Bertz CT molecular complexity index is 792. The van der Waals surface area contributed by atoms with E-state index in [-0.39, 0.29) is 23.8 Å². The smallest absolute Gasteiger partial charge is 0.342 e. The van der Waals surface area contributed by atoms with Gasteiger partial charge >= 0.3 is 11.9 Å². The van der Waals surface area contributed by atoms with E-state index in [1.54, 1.807) is 6.92 Å². The molecular formula is C20H24O6. The molecule has 6 nitrogen and oxygen atoms in total. The Kier molecular flexibility index (Phi) is 4.94. The summed E-state index contributed by atoms with van der Waals surface area (Å²) in [6.45, 7) is 3.73. The van der Waals surface area contributed by atoms with Crippen LogP contribution in [0.2, 0.25) is 0 Å². The van der Waals surface area contributed by atoms with E-state index < -0.39 is 17.9 Å². The first kappa shape index (κ1) is 18.3. The molecule has 2 atom stereocenters. The van der Waals surface area contributed by atoms with E-state index in [1.165, 1.54) is 7.11 Å². The van der Waals surface area contributed by atoms with Gasteiger partial charge in [0.05, 0.1) is 13.0 Å². The van der Waals surface area contributed by atoms with Crippen molar-refractivity contribution in [2.75, 3.05) is 7.11 Å². The second-order valence-electron chi connectivity index (χ2n) is 7.02. The lowest BCUT2D eigenvalue weighted by Gasteiger charge is -2.18. The Morgan fingerprint density at radius 2 is 2.19 bits per heavy atom. The predicted molar refractivity (Wildman–Crippen MR) is 94.4 cm³/mol. The highest BCUT2D eigenvalue weighted by Crippen LogP contribution is 2.43. The number of hydrogen-bond donors (Lipinski definition) is 2. The van der Waals surface area contributed by atoms with Gasteiger partial charge in [-0.15, -0.1) is 0 Å². The number of fused-ring (bicyclic) bond motifs is 1. The normalized spacial score (nSPS) is 21.6. The number of ether oxygens (including phenoxy) is 2. The summed E-state index contributed by atoms with van der Waals surface area (Å²) in [6.07, 6.45) is 5.05. The Labute approximate surface area is 152 Å². The third-order valence-electron chi connectivity index (χ3n) is 5.67. The van der Waals surface area contributed by atoms with Crippen molar-refractivity contribution >= 4 is 11.9 Å². The molecule has 1 aliphatic carbocycles. The van der Waals surface area contributed by atoms with Crippen LogP contribution >= 0.6 is 0 Å². The average molecular weight is 360 g/mol. The van der Waals surface area contributed by atoms with Crippen LogP contribution < -0.4 is 4.74 Å². The summed E-state index contributed by atoms with van der Waals surface area (Å²) >= 11 is 0. The zero-order valence-electron chi connectivity index (χ0n) is 15.3. The highest BCUT2D eigenvalue weighted by Gasteiger charge is 2.33. The van der Waals surface area contributed by atoms with E-state index in [0.29, 0.717) is 23.3 Å². The molecule has 26 heavy (non-hydrogen) atoms. The number of benzene rings is 1. The van der Waals surface area contributed by atoms with E-state index in [0.717, 1.165) is 30.4 Å². The summed E-state index contributed by atoms with van der Waals surface area (Å²) in [5.41, 5.74) is 3.32. The summed E-state index contributed by atoms with van der Waals surface area (Å²) in [4.78, 5) is 23.3. The van der Waals surface area contributed by atoms with Crippen molar-refractivity contribution in [3.63, 3.8) is 0 Å². The summed E-state index contributed by atoms with van der Waals surface area (Å²) in [5.74, 6) is -1.27. The van der Waals surface area contributed by atoms with E-state index in [2.05, 4.69) is 0 Å². The van der Waals surface area contributed by atoms with Gasteiger partial charge in [-0.1, -0.05) is 18.6 Å². The minimum Gasteiger partial charge on any atom is -0.507 e. The van der Waals surface area contributed by atoms with Gasteiger partial charge in [-0.25, -0.2) is 4.79 Å². The average Bonchev–Trinajstić information content (AvgIpc) is 3.22. The predicted octanol–water partition coefficient (Wildman–Crippen LogP) is 3.37. The van der Waals surface area contributed by atoms with Crippen LogP contribution in [0.15, 0.2) is 11.6 Å². The minimum absolute atomic E-state index is 0.0149. The van der Waals surface area contributed by atoms with Gasteiger partial charge in [-0.05, 0) is 44.1 Å². The SMILES string of the molecule is COc1c(C)c2c(c(O)c1C/C=C1\CCCC1C(C)C(=O)O)C(=O)OC2. The van der Waals surface area contributed by atoms with E-state index in [4.69, 9.17) is 9.47 Å². The number of aromatic hydroxyl groups is 1. The van der Waals surface area contributed by atoms with Gasteiger partial charge in [-0.3, -0.25) is 4.79 Å². The Morgan fingerprint density at radius 1 is 1.46 bits per heavy atom. The summed E-state index contributed by atoms with van der Waals surface area (Å²) < 4.78 is 10.6. The van der Waals surface area contributed by atoms with Crippen LogP contribution in [0.3, 0.4) is 0 Å². The molecule has 3 rings (SSSR count). The van der Waals surface area contributed by atoms with Crippen LogP contribution in [0, 0.1) is 18.8 Å². The lowest BCUT2D eigenvalue weighted by Crippen LogP contribution is -2.19. The molecule has 1 aromatic rings. The van der Waals surface area contributed by atoms with Crippen molar-refractivity contribution in [1.82, 2.24) is 0 Å². The summed E-state index contributed by atoms with van der Waals surface area (Å²) in [6, 6.07) is 0. The van der Waals surface area contributed by atoms with Crippen molar-refractivity contribution in [1.29, 1.82) is 0 Å². The van der Waals surface area contributed by atoms with Gasteiger partial charge in [0.1, 0.15) is 23.7 Å². The molecule has 1 aliphatic heterocycles. The lowest BCUT2D eigenvalue weighted by molar-refractivity contribution is -0.142. The first-order valence-corrected chi connectivity index (χ1v) is 8.86. The van der Waals surface area contributed by atoms with Gasteiger partial charge in [0.2, 0.25) is 0 Å². The standard InChI is InChI=1S/C20H24O6/c1-10-15-9-26-20(24)16(15)17(21)14(18(10)25-3)8-7-12-5-4-6-13(12)11(2)19(22)23/h7,11,13,21H,4-6,8-9H2,1-3H3,(H,22,23)/b12-7+. The number of phenols is 1. The van der Waals surface area contributed by atoms with Crippen molar-refractivity contribution in [2.24, 2.45) is 11.8 Å². The molecular weight excluding hydrogens is 336 g/mol. The van der Waals surface area contributed by atoms with Gasteiger partial charge in [0.25, 0.3) is 0 Å². The topological polar surface area (TPSA) is 93.1 Å². The zero-order valence-corrected chi connectivity index (χ0v) is 15.3. The lowest BCUT2D eigenvalue weighted by atomic mass is 9.87. The second kappa shape index (κ2) is 7.02.